The first-order valence-electron chi connectivity index (χ1n) is 13.4. The maximum Gasteiger partial charge on any atom is 0.416 e. The van der Waals surface area contributed by atoms with E-state index < -0.39 is 17.8 Å². The number of nitrogens with zero attached hydrogens (tertiary/aromatic N) is 2. The zero-order valence-electron chi connectivity index (χ0n) is 22.7. The number of fused-ring (bicyclic) bond motifs is 1. The van der Waals surface area contributed by atoms with Crippen molar-refractivity contribution >= 4 is 28.5 Å². The lowest BCUT2D eigenvalue weighted by Crippen LogP contribution is -2.45. The van der Waals surface area contributed by atoms with Gasteiger partial charge in [-0.15, -0.1) is 0 Å². The van der Waals surface area contributed by atoms with Crippen molar-refractivity contribution in [2.75, 3.05) is 25.0 Å². The molecule has 216 valence electrons. The molecule has 0 spiro atoms. The topological polar surface area (TPSA) is 68.4 Å². The number of unbranched alkanes of at least 4 members (excludes halogenated alkanes) is 1. The second-order valence-corrected chi connectivity index (χ2v) is 9.84. The number of amides is 3. The van der Waals surface area contributed by atoms with Crippen LogP contribution in [0.2, 0.25) is 0 Å². The van der Waals surface area contributed by atoms with Gasteiger partial charge < -0.3 is 20.1 Å². The molecule has 1 aromatic heterocycles. The van der Waals surface area contributed by atoms with Crippen LogP contribution in [0.25, 0.3) is 10.9 Å². The van der Waals surface area contributed by atoms with Crippen LogP contribution in [0.4, 0.5) is 28.0 Å². The molecule has 0 saturated carbocycles. The van der Waals surface area contributed by atoms with Gasteiger partial charge in [0.25, 0.3) is 0 Å². The summed E-state index contributed by atoms with van der Waals surface area (Å²) in [6.45, 7) is 2.47. The number of para-hydroxylation sites is 1. The number of hydrogen-bond acceptors (Lipinski definition) is 2. The third-order valence-electron chi connectivity index (χ3n) is 6.80. The molecular formula is C31H32F4N4O2. The lowest BCUT2D eigenvalue weighted by molar-refractivity contribution is -0.137. The van der Waals surface area contributed by atoms with Crippen molar-refractivity contribution in [2.45, 2.75) is 38.9 Å². The fourth-order valence-corrected chi connectivity index (χ4v) is 4.54. The first kappa shape index (κ1) is 29.6. The molecule has 0 aliphatic carbocycles. The normalized spacial score (nSPS) is 11.4. The van der Waals surface area contributed by atoms with Crippen molar-refractivity contribution in [3.05, 3.63) is 102 Å². The average molecular weight is 569 g/mol. The highest BCUT2D eigenvalue weighted by Crippen LogP contribution is 2.30. The number of carbonyl (C=O) groups excluding carboxylic acids is 2. The monoisotopic (exact) mass is 568 g/mol. The van der Waals surface area contributed by atoms with E-state index in [0.717, 1.165) is 40.6 Å². The molecule has 6 nitrogen and oxygen atoms in total. The fraction of sp³-hybridized carbons (Fsp3) is 0.290. The molecule has 0 aliphatic heterocycles. The second-order valence-electron chi connectivity index (χ2n) is 9.84. The number of urea groups is 1. The minimum atomic E-state index is -4.55. The van der Waals surface area contributed by atoms with E-state index in [9.17, 15) is 27.2 Å². The molecule has 10 heteroatoms. The fourth-order valence-electron chi connectivity index (χ4n) is 4.54. The summed E-state index contributed by atoms with van der Waals surface area (Å²) in [7, 11) is 0. The Kier molecular flexibility index (Phi) is 9.65. The summed E-state index contributed by atoms with van der Waals surface area (Å²) in [6.07, 6.45) is -0.744. The molecule has 41 heavy (non-hydrogen) atoms. The summed E-state index contributed by atoms with van der Waals surface area (Å²) < 4.78 is 53.0. The van der Waals surface area contributed by atoms with E-state index in [1.165, 1.54) is 29.2 Å². The minimum absolute atomic E-state index is 0.0127. The summed E-state index contributed by atoms with van der Waals surface area (Å²) in [6, 6.07) is 17.4. The van der Waals surface area contributed by atoms with E-state index in [1.807, 2.05) is 37.4 Å². The van der Waals surface area contributed by atoms with Gasteiger partial charge >= 0.3 is 12.2 Å². The molecule has 1 heterocycles. The van der Waals surface area contributed by atoms with Crippen LogP contribution in [-0.4, -0.2) is 46.4 Å². The molecule has 4 rings (SSSR count). The average Bonchev–Trinajstić information content (AvgIpc) is 3.37. The van der Waals surface area contributed by atoms with Gasteiger partial charge in [-0.25, -0.2) is 9.18 Å². The van der Waals surface area contributed by atoms with Gasteiger partial charge in [-0.3, -0.25) is 4.79 Å². The number of H-pyrrole nitrogens is 1. The summed E-state index contributed by atoms with van der Waals surface area (Å²) in [4.78, 5) is 32.9. The predicted octanol–water partition coefficient (Wildman–Crippen LogP) is 7.23. The van der Waals surface area contributed by atoms with E-state index in [4.69, 9.17) is 0 Å². The van der Waals surface area contributed by atoms with Crippen molar-refractivity contribution in [3.63, 3.8) is 0 Å². The Morgan fingerprint density at radius 3 is 2.41 bits per heavy atom. The Hall–Kier alpha value is -4.34. The zero-order chi connectivity index (χ0) is 29.4. The van der Waals surface area contributed by atoms with Crippen LogP contribution in [0.5, 0.6) is 0 Å². The summed E-state index contributed by atoms with van der Waals surface area (Å²) in [5.41, 5.74) is 1.85. The molecule has 0 radical (unpaired) electrons. The van der Waals surface area contributed by atoms with Gasteiger partial charge in [0.1, 0.15) is 12.4 Å². The Labute approximate surface area is 236 Å². The van der Waals surface area contributed by atoms with Crippen LogP contribution in [-0.2, 0) is 23.9 Å². The molecule has 0 bridgehead atoms. The molecule has 0 atom stereocenters. The van der Waals surface area contributed by atoms with Gasteiger partial charge in [-0.1, -0.05) is 49.7 Å². The van der Waals surface area contributed by atoms with Crippen LogP contribution >= 0.6 is 0 Å². The van der Waals surface area contributed by atoms with Crippen molar-refractivity contribution in [1.29, 1.82) is 0 Å². The highest BCUT2D eigenvalue weighted by molar-refractivity contribution is 5.92. The number of alkyl halides is 3. The molecule has 0 saturated heterocycles. The first-order chi connectivity index (χ1) is 19.6. The zero-order valence-corrected chi connectivity index (χ0v) is 22.7. The highest BCUT2D eigenvalue weighted by atomic mass is 19.4. The lowest BCUT2D eigenvalue weighted by atomic mass is 10.1. The number of halogens is 4. The lowest BCUT2D eigenvalue weighted by Gasteiger charge is -2.28. The molecule has 4 aromatic rings. The Morgan fingerprint density at radius 2 is 1.68 bits per heavy atom. The first-order valence-corrected chi connectivity index (χ1v) is 13.4. The molecule has 0 aliphatic rings. The predicted molar refractivity (Wildman–Crippen MR) is 151 cm³/mol. The number of hydrogen-bond donors (Lipinski definition) is 2. The van der Waals surface area contributed by atoms with Crippen molar-refractivity contribution in [1.82, 2.24) is 14.8 Å². The number of benzene rings is 3. The van der Waals surface area contributed by atoms with Crippen LogP contribution in [0.1, 0.15) is 36.5 Å². The third-order valence-corrected chi connectivity index (χ3v) is 6.80. The number of anilines is 1. The maximum atomic E-state index is 13.6. The molecule has 2 N–H and O–H groups in total. The molecular weight excluding hydrogens is 536 g/mol. The third kappa shape index (κ3) is 8.09. The maximum absolute atomic E-state index is 13.6. The Bertz CT molecular complexity index is 1470. The quantitative estimate of drug-likeness (QED) is 0.188. The van der Waals surface area contributed by atoms with Gasteiger partial charge in [-0.2, -0.15) is 13.2 Å². The van der Waals surface area contributed by atoms with Crippen LogP contribution in [0, 0.1) is 5.82 Å². The van der Waals surface area contributed by atoms with Gasteiger partial charge in [0, 0.05) is 42.4 Å². The summed E-state index contributed by atoms with van der Waals surface area (Å²) in [5.74, 6) is -0.716. The Balaban J connectivity index is 1.51. The van der Waals surface area contributed by atoms with Crippen molar-refractivity contribution < 1.29 is 27.2 Å². The van der Waals surface area contributed by atoms with E-state index >= 15 is 0 Å². The Morgan fingerprint density at radius 1 is 0.927 bits per heavy atom. The van der Waals surface area contributed by atoms with E-state index in [2.05, 4.69) is 10.3 Å². The van der Waals surface area contributed by atoms with E-state index in [0.29, 0.717) is 19.4 Å². The van der Waals surface area contributed by atoms with Crippen LogP contribution in [0.3, 0.4) is 0 Å². The molecule has 0 fully saturated rings. The standard InChI is InChI=1S/C31H32F4N4O2/c1-2-3-16-39(30(41)37-26-8-6-7-24(18-26)31(33,34)35)21-29(40)38(20-22-11-13-25(32)14-12-22)17-15-23-19-36-28-10-5-4-9-27(23)28/h4-14,18-19,36H,2-3,15-17,20-21H2,1H3,(H,37,41). The smallest absolute Gasteiger partial charge is 0.361 e. The summed E-state index contributed by atoms with van der Waals surface area (Å²) >= 11 is 0. The van der Waals surface area contributed by atoms with Gasteiger partial charge in [0.15, 0.2) is 0 Å². The molecule has 0 unspecified atom stereocenters. The number of aromatic amines is 1. The van der Waals surface area contributed by atoms with E-state index in [-0.39, 0.29) is 37.0 Å². The number of rotatable bonds is 11. The van der Waals surface area contributed by atoms with Gasteiger partial charge in [0.05, 0.1) is 5.56 Å². The van der Waals surface area contributed by atoms with Crippen molar-refractivity contribution in [3.8, 4) is 0 Å². The molecule has 3 aromatic carbocycles. The SMILES string of the molecule is CCCCN(CC(=O)N(CCc1c[nH]c2ccccc12)Cc1ccc(F)cc1)C(=O)Nc1cccc(C(F)(F)F)c1. The largest absolute Gasteiger partial charge is 0.416 e. The minimum Gasteiger partial charge on any atom is -0.361 e. The van der Waals surface area contributed by atoms with Crippen molar-refractivity contribution in [2.24, 2.45) is 0 Å². The van der Waals surface area contributed by atoms with Gasteiger partial charge in [-0.05, 0) is 60.4 Å². The van der Waals surface area contributed by atoms with Crippen LogP contribution in [0.15, 0.2) is 79.0 Å². The number of aromatic nitrogens is 1. The van der Waals surface area contributed by atoms with Crippen LogP contribution < -0.4 is 5.32 Å². The molecule has 3 amide bonds. The highest BCUT2D eigenvalue weighted by Gasteiger charge is 2.31. The van der Waals surface area contributed by atoms with Gasteiger partial charge in [0.2, 0.25) is 5.91 Å². The second kappa shape index (κ2) is 13.3. The summed E-state index contributed by atoms with van der Waals surface area (Å²) in [5, 5.41) is 3.56. The number of carbonyl (C=O) groups is 2. The van der Waals surface area contributed by atoms with E-state index in [1.54, 1.807) is 17.0 Å². The number of nitrogens with one attached hydrogen (secondary N) is 2.